The summed E-state index contributed by atoms with van der Waals surface area (Å²) in [5, 5.41) is 3.63. The highest BCUT2D eigenvalue weighted by Gasteiger charge is 2.22. The number of aryl methyl sites for hydroxylation is 1. The molecule has 1 aromatic rings. The summed E-state index contributed by atoms with van der Waals surface area (Å²) < 4.78 is 5.44. The number of hydrogen-bond acceptors (Lipinski definition) is 3. The fourth-order valence-electron chi connectivity index (χ4n) is 2.11. The molecular formula is C13H19NOS. The lowest BCUT2D eigenvalue weighted by atomic mass is 10.0. The van der Waals surface area contributed by atoms with Gasteiger partial charge in [0.25, 0.3) is 0 Å². The van der Waals surface area contributed by atoms with Gasteiger partial charge in [0.1, 0.15) is 5.75 Å². The average molecular weight is 237 g/mol. The number of rotatable bonds is 2. The summed E-state index contributed by atoms with van der Waals surface area (Å²) in [6.07, 6.45) is 0. The topological polar surface area (TPSA) is 21.3 Å². The normalized spacial score (nSPS) is 25.4. The van der Waals surface area contributed by atoms with E-state index in [4.69, 9.17) is 4.74 Å². The fraction of sp³-hybridized carbons (Fsp3) is 0.538. The van der Waals surface area contributed by atoms with Gasteiger partial charge in [-0.1, -0.05) is 17.7 Å². The smallest absolute Gasteiger partial charge is 0.123 e. The molecule has 3 heteroatoms. The SMILES string of the molecule is COc1ccc(C)cc1C1CSCC(C)N1. The molecule has 0 aromatic heterocycles. The zero-order valence-electron chi connectivity index (χ0n) is 10.1. The zero-order valence-corrected chi connectivity index (χ0v) is 10.9. The lowest BCUT2D eigenvalue weighted by Crippen LogP contribution is -2.38. The molecule has 0 amide bonds. The van der Waals surface area contributed by atoms with Gasteiger partial charge in [-0.3, -0.25) is 0 Å². The summed E-state index contributed by atoms with van der Waals surface area (Å²) in [7, 11) is 1.74. The van der Waals surface area contributed by atoms with Crippen molar-refractivity contribution in [1.82, 2.24) is 5.32 Å². The van der Waals surface area contributed by atoms with Crippen LogP contribution in [0.25, 0.3) is 0 Å². The second-order valence-electron chi connectivity index (χ2n) is 4.40. The highest BCUT2D eigenvalue weighted by molar-refractivity contribution is 7.99. The summed E-state index contributed by atoms with van der Waals surface area (Å²) in [4.78, 5) is 0. The largest absolute Gasteiger partial charge is 0.496 e. The Morgan fingerprint density at radius 3 is 2.88 bits per heavy atom. The number of hydrogen-bond donors (Lipinski definition) is 1. The van der Waals surface area contributed by atoms with E-state index in [-0.39, 0.29) is 0 Å². The Morgan fingerprint density at radius 2 is 2.19 bits per heavy atom. The maximum absolute atomic E-state index is 5.44. The van der Waals surface area contributed by atoms with Crippen LogP contribution in [0.2, 0.25) is 0 Å². The first-order valence-electron chi connectivity index (χ1n) is 5.69. The van der Waals surface area contributed by atoms with E-state index < -0.39 is 0 Å². The molecule has 0 bridgehead atoms. The minimum atomic E-state index is 0.420. The molecule has 1 aliphatic rings. The first-order chi connectivity index (χ1) is 7.70. The third kappa shape index (κ3) is 2.53. The minimum Gasteiger partial charge on any atom is -0.496 e. The van der Waals surface area contributed by atoms with Crippen LogP contribution in [0.5, 0.6) is 5.75 Å². The van der Waals surface area contributed by atoms with Crippen LogP contribution < -0.4 is 10.1 Å². The van der Waals surface area contributed by atoms with Crippen molar-refractivity contribution in [2.24, 2.45) is 0 Å². The molecule has 1 saturated heterocycles. The van der Waals surface area contributed by atoms with Crippen molar-refractivity contribution in [3.63, 3.8) is 0 Å². The molecule has 2 unspecified atom stereocenters. The first-order valence-corrected chi connectivity index (χ1v) is 6.84. The van der Waals surface area contributed by atoms with Crippen LogP contribution in [-0.4, -0.2) is 24.7 Å². The van der Waals surface area contributed by atoms with Crippen molar-refractivity contribution in [1.29, 1.82) is 0 Å². The van der Waals surface area contributed by atoms with E-state index >= 15 is 0 Å². The van der Waals surface area contributed by atoms with E-state index in [0.29, 0.717) is 12.1 Å². The predicted octanol–water partition coefficient (Wildman–Crippen LogP) is 2.77. The van der Waals surface area contributed by atoms with Crippen LogP contribution in [0, 0.1) is 6.92 Å². The van der Waals surface area contributed by atoms with Crippen molar-refractivity contribution >= 4 is 11.8 Å². The summed E-state index contributed by atoms with van der Waals surface area (Å²) in [5.74, 6) is 3.33. The van der Waals surface area contributed by atoms with Crippen molar-refractivity contribution < 1.29 is 4.74 Å². The molecule has 1 aromatic carbocycles. The van der Waals surface area contributed by atoms with E-state index in [1.54, 1.807) is 7.11 Å². The van der Waals surface area contributed by atoms with Gasteiger partial charge in [0, 0.05) is 29.2 Å². The third-order valence-corrected chi connectivity index (χ3v) is 4.20. The Bertz CT molecular complexity index is 367. The molecule has 1 aliphatic heterocycles. The van der Waals surface area contributed by atoms with Gasteiger partial charge in [0.2, 0.25) is 0 Å². The molecule has 0 radical (unpaired) electrons. The van der Waals surface area contributed by atoms with E-state index in [1.807, 2.05) is 11.8 Å². The Morgan fingerprint density at radius 1 is 1.38 bits per heavy atom. The second-order valence-corrected chi connectivity index (χ2v) is 5.48. The Labute approximate surface area is 102 Å². The fourth-order valence-corrected chi connectivity index (χ4v) is 3.21. The molecule has 0 aliphatic carbocycles. The number of benzene rings is 1. The minimum absolute atomic E-state index is 0.420. The van der Waals surface area contributed by atoms with Crippen LogP contribution in [0.15, 0.2) is 18.2 Å². The zero-order chi connectivity index (χ0) is 11.5. The summed E-state index contributed by atoms with van der Waals surface area (Å²) in [5.41, 5.74) is 2.59. The molecule has 2 nitrogen and oxygen atoms in total. The molecular weight excluding hydrogens is 218 g/mol. The van der Waals surface area contributed by atoms with Gasteiger partial charge in [-0.15, -0.1) is 0 Å². The molecule has 88 valence electrons. The van der Waals surface area contributed by atoms with Gasteiger partial charge in [-0.05, 0) is 19.9 Å². The molecule has 1 fully saturated rings. The van der Waals surface area contributed by atoms with Crippen LogP contribution >= 0.6 is 11.8 Å². The lowest BCUT2D eigenvalue weighted by molar-refractivity contribution is 0.397. The van der Waals surface area contributed by atoms with E-state index in [9.17, 15) is 0 Å². The van der Waals surface area contributed by atoms with Crippen molar-refractivity contribution in [2.45, 2.75) is 25.9 Å². The third-order valence-electron chi connectivity index (χ3n) is 2.90. The van der Waals surface area contributed by atoms with Gasteiger partial charge in [-0.2, -0.15) is 11.8 Å². The molecule has 2 atom stereocenters. The molecule has 2 rings (SSSR count). The quantitative estimate of drug-likeness (QED) is 0.854. The highest BCUT2D eigenvalue weighted by Crippen LogP contribution is 2.31. The maximum atomic E-state index is 5.44. The van der Waals surface area contributed by atoms with E-state index in [1.165, 1.54) is 16.9 Å². The van der Waals surface area contributed by atoms with Crippen LogP contribution in [0.4, 0.5) is 0 Å². The summed E-state index contributed by atoms with van der Waals surface area (Å²) in [6, 6.07) is 7.39. The molecule has 16 heavy (non-hydrogen) atoms. The van der Waals surface area contributed by atoms with E-state index in [2.05, 4.69) is 37.4 Å². The number of ether oxygens (including phenoxy) is 1. The number of thioether (sulfide) groups is 1. The lowest BCUT2D eigenvalue weighted by Gasteiger charge is -2.29. The van der Waals surface area contributed by atoms with Gasteiger partial charge in [-0.25, -0.2) is 0 Å². The van der Waals surface area contributed by atoms with Crippen molar-refractivity contribution in [2.75, 3.05) is 18.6 Å². The standard InChI is InChI=1S/C13H19NOS/c1-9-4-5-13(15-3)11(6-9)12-8-16-7-10(2)14-12/h4-6,10,12,14H,7-8H2,1-3H3. The van der Waals surface area contributed by atoms with E-state index in [0.717, 1.165) is 11.5 Å². The monoisotopic (exact) mass is 237 g/mol. The van der Waals surface area contributed by atoms with Gasteiger partial charge in [0.05, 0.1) is 7.11 Å². The summed E-state index contributed by atoms with van der Waals surface area (Å²) in [6.45, 7) is 4.36. The van der Waals surface area contributed by atoms with Gasteiger partial charge < -0.3 is 10.1 Å². The first kappa shape index (κ1) is 11.8. The van der Waals surface area contributed by atoms with Crippen LogP contribution in [0.1, 0.15) is 24.1 Å². The molecule has 0 spiro atoms. The second kappa shape index (κ2) is 5.11. The van der Waals surface area contributed by atoms with Gasteiger partial charge in [0.15, 0.2) is 0 Å². The van der Waals surface area contributed by atoms with Crippen LogP contribution in [0.3, 0.4) is 0 Å². The van der Waals surface area contributed by atoms with Crippen LogP contribution in [-0.2, 0) is 0 Å². The highest BCUT2D eigenvalue weighted by atomic mass is 32.2. The van der Waals surface area contributed by atoms with Gasteiger partial charge >= 0.3 is 0 Å². The molecule has 1 heterocycles. The maximum Gasteiger partial charge on any atom is 0.123 e. The molecule has 1 N–H and O–H groups in total. The number of methoxy groups -OCH3 is 1. The predicted molar refractivity (Wildman–Crippen MR) is 70.4 cm³/mol. The average Bonchev–Trinajstić information content (AvgIpc) is 2.29. The molecule has 0 saturated carbocycles. The van der Waals surface area contributed by atoms with Crippen molar-refractivity contribution in [3.05, 3.63) is 29.3 Å². The summed E-state index contributed by atoms with van der Waals surface area (Å²) >= 11 is 2.01. The Balaban J connectivity index is 2.26. The number of nitrogens with one attached hydrogen (secondary N) is 1. The Hall–Kier alpha value is -0.670. The Kier molecular flexibility index (Phi) is 3.77. The van der Waals surface area contributed by atoms with Crippen molar-refractivity contribution in [3.8, 4) is 5.75 Å².